The largest absolute Gasteiger partial charge is 0.353 e. The standard InChI is InChI=1S/C10H20N2OS/c1-7(2)8(11)9(13)12-6-10(14-3)4-5-10/h7-8H,4-6,11H2,1-3H3,(H,12,13)/t8-/m0/s1. The van der Waals surface area contributed by atoms with Crippen molar-refractivity contribution in [3.8, 4) is 0 Å². The third kappa shape index (κ3) is 2.89. The van der Waals surface area contributed by atoms with Crippen molar-refractivity contribution in [2.75, 3.05) is 12.8 Å². The van der Waals surface area contributed by atoms with Gasteiger partial charge in [0, 0.05) is 11.3 Å². The molecule has 0 bridgehead atoms. The monoisotopic (exact) mass is 216 g/mol. The van der Waals surface area contributed by atoms with Gasteiger partial charge < -0.3 is 11.1 Å². The fraction of sp³-hybridized carbons (Fsp3) is 0.900. The number of nitrogens with two attached hydrogens (primary N) is 1. The van der Waals surface area contributed by atoms with Gasteiger partial charge in [-0.05, 0) is 25.0 Å². The summed E-state index contributed by atoms with van der Waals surface area (Å²) >= 11 is 1.84. The fourth-order valence-corrected chi connectivity index (χ4v) is 1.99. The van der Waals surface area contributed by atoms with E-state index in [1.54, 1.807) is 0 Å². The molecule has 0 aromatic rings. The Morgan fingerprint density at radius 1 is 1.57 bits per heavy atom. The van der Waals surface area contributed by atoms with E-state index in [0.29, 0.717) is 4.75 Å². The molecule has 1 amide bonds. The first-order valence-electron chi connectivity index (χ1n) is 5.09. The predicted molar refractivity (Wildman–Crippen MR) is 61.3 cm³/mol. The maximum atomic E-state index is 11.5. The minimum Gasteiger partial charge on any atom is -0.353 e. The van der Waals surface area contributed by atoms with Crippen LogP contribution in [-0.4, -0.2) is 29.5 Å². The molecule has 1 atom stereocenters. The molecular weight excluding hydrogens is 196 g/mol. The van der Waals surface area contributed by atoms with Crippen molar-refractivity contribution < 1.29 is 4.79 Å². The number of hydrogen-bond donors (Lipinski definition) is 2. The summed E-state index contributed by atoms with van der Waals surface area (Å²) in [6.07, 6.45) is 4.53. The van der Waals surface area contributed by atoms with Crippen LogP contribution in [0.15, 0.2) is 0 Å². The van der Waals surface area contributed by atoms with Gasteiger partial charge in [0.25, 0.3) is 0 Å². The summed E-state index contributed by atoms with van der Waals surface area (Å²) in [4.78, 5) is 11.5. The van der Waals surface area contributed by atoms with Crippen LogP contribution >= 0.6 is 11.8 Å². The topological polar surface area (TPSA) is 55.1 Å². The van der Waals surface area contributed by atoms with Gasteiger partial charge in [0.15, 0.2) is 0 Å². The van der Waals surface area contributed by atoms with Crippen LogP contribution in [0.2, 0.25) is 0 Å². The molecular formula is C10H20N2OS. The number of rotatable bonds is 5. The summed E-state index contributed by atoms with van der Waals surface area (Å²) in [5, 5.41) is 2.93. The highest BCUT2D eigenvalue weighted by molar-refractivity contribution is 8.00. The van der Waals surface area contributed by atoms with Gasteiger partial charge in [-0.15, -0.1) is 0 Å². The highest BCUT2D eigenvalue weighted by Crippen LogP contribution is 2.46. The van der Waals surface area contributed by atoms with Crippen LogP contribution in [0.3, 0.4) is 0 Å². The van der Waals surface area contributed by atoms with Crippen molar-refractivity contribution >= 4 is 17.7 Å². The summed E-state index contributed by atoms with van der Waals surface area (Å²) in [5.74, 6) is 0.194. The number of carbonyl (C=O) groups is 1. The smallest absolute Gasteiger partial charge is 0.237 e. The molecule has 1 saturated carbocycles. The van der Waals surface area contributed by atoms with Crippen molar-refractivity contribution in [2.24, 2.45) is 11.7 Å². The molecule has 0 unspecified atom stereocenters. The van der Waals surface area contributed by atoms with Crippen LogP contribution in [0, 0.1) is 5.92 Å². The maximum absolute atomic E-state index is 11.5. The van der Waals surface area contributed by atoms with E-state index < -0.39 is 0 Å². The first-order chi connectivity index (χ1) is 6.51. The van der Waals surface area contributed by atoms with Crippen LogP contribution in [0.4, 0.5) is 0 Å². The van der Waals surface area contributed by atoms with Gasteiger partial charge in [-0.1, -0.05) is 13.8 Å². The third-order valence-corrected chi connectivity index (χ3v) is 4.27. The minimum absolute atomic E-state index is 0.0136. The summed E-state index contributed by atoms with van der Waals surface area (Å²) in [6.45, 7) is 4.70. The van der Waals surface area contributed by atoms with E-state index in [2.05, 4.69) is 11.6 Å². The molecule has 82 valence electrons. The van der Waals surface area contributed by atoms with E-state index in [9.17, 15) is 4.79 Å². The molecule has 0 heterocycles. The van der Waals surface area contributed by atoms with E-state index in [1.165, 1.54) is 12.8 Å². The molecule has 0 aromatic heterocycles. The average molecular weight is 216 g/mol. The zero-order chi connectivity index (χ0) is 10.8. The Hall–Kier alpha value is -0.220. The van der Waals surface area contributed by atoms with Crippen molar-refractivity contribution in [1.29, 1.82) is 0 Å². The van der Waals surface area contributed by atoms with Gasteiger partial charge in [0.2, 0.25) is 5.91 Å². The molecule has 0 aromatic carbocycles. The highest BCUT2D eigenvalue weighted by Gasteiger charge is 2.42. The van der Waals surface area contributed by atoms with E-state index >= 15 is 0 Å². The first kappa shape index (κ1) is 11.9. The Morgan fingerprint density at radius 2 is 2.14 bits per heavy atom. The first-order valence-corrected chi connectivity index (χ1v) is 6.32. The minimum atomic E-state index is -0.368. The summed E-state index contributed by atoms with van der Waals surface area (Å²) < 4.78 is 0.326. The second kappa shape index (κ2) is 4.53. The number of hydrogen-bond acceptors (Lipinski definition) is 3. The molecule has 3 nitrogen and oxygen atoms in total. The number of nitrogens with one attached hydrogen (secondary N) is 1. The molecule has 0 spiro atoms. The Bertz CT molecular complexity index is 214. The lowest BCUT2D eigenvalue weighted by atomic mass is 10.1. The molecule has 1 rings (SSSR count). The number of thioether (sulfide) groups is 1. The van der Waals surface area contributed by atoms with Crippen LogP contribution in [0.5, 0.6) is 0 Å². The summed E-state index contributed by atoms with van der Waals surface area (Å²) in [7, 11) is 0. The van der Waals surface area contributed by atoms with Crippen LogP contribution in [0.1, 0.15) is 26.7 Å². The second-order valence-electron chi connectivity index (χ2n) is 4.37. The maximum Gasteiger partial charge on any atom is 0.237 e. The van der Waals surface area contributed by atoms with Gasteiger partial charge in [-0.2, -0.15) is 11.8 Å². The number of carbonyl (C=O) groups excluding carboxylic acids is 1. The molecule has 3 N–H and O–H groups in total. The molecule has 1 fully saturated rings. The lowest BCUT2D eigenvalue weighted by molar-refractivity contribution is -0.123. The third-order valence-electron chi connectivity index (χ3n) is 2.85. The van der Waals surface area contributed by atoms with Crippen molar-refractivity contribution in [3.63, 3.8) is 0 Å². The van der Waals surface area contributed by atoms with E-state index in [-0.39, 0.29) is 17.9 Å². The lowest BCUT2D eigenvalue weighted by Crippen LogP contribution is -2.46. The molecule has 0 aliphatic heterocycles. The normalized spacial score (nSPS) is 20.6. The van der Waals surface area contributed by atoms with Crippen LogP contribution in [0.25, 0.3) is 0 Å². The predicted octanol–water partition coefficient (Wildman–Crippen LogP) is 0.981. The second-order valence-corrected chi connectivity index (χ2v) is 5.65. The molecule has 1 aliphatic rings. The lowest BCUT2D eigenvalue weighted by Gasteiger charge is -2.18. The van der Waals surface area contributed by atoms with E-state index in [4.69, 9.17) is 5.73 Å². The average Bonchev–Trinajstić information content (AvgIpc) is 2.93. The van der Waals surface area contributed by atoms with Gasteiger partial charge in [0.05, 0.1) is 6.04 Å². The molecule has 14 heavy (non-hydrogen) atoms. The molecule has 0 saturated heterocycles. The molecule has 4 heteroatoms. The van der Waals surface area contributed by atoms with Crippen molar-refractivity contribution in [2.45, 2.75) is 37.5 Å². The van der Waals surface area contributed by atoms with Gasteiger partial charge in [-0.3, -0.25) is 4.79 Å². The molecule has 0 radical (unpaired) electrons. The number of amides is 1. The summed E-state index contributed by atoms with van der Waals surface area (Å²) in [6, 6.07) is -0.368. The zero-order valence-electron chi connectivity index (χ0n) is 9.17. The van der Waals surface area contributed by atoms with Crippen LogP contribution in [-0.2, 0) is 4.79 Å². The Labute approximate surface area is 90.2 Å². The highest BCUT2D eigenvalue weighted by atomic mass is 32.2. The molecule has 1 aliphatic carbocycles. The fourth-order valence-electron chi connectivity index (χ4n) is 1.26. The van der Waals surface area contributed by atoms with E-state index in [0.717, 1.165) is 6.54 Å². The van der Waals surface area contributed by atoms with Crippen molar-refractivity contribution in [3.05, 3.63) is 0 Å². The van der Waals surface area contributed by atoms with Crippen LogP contribution < -0.4 is 11.1 Å². The Morgan fingerprint density at radius 3 is 2.50 bits per heavy atom. The zero-order valence-corrected chi connectivity index (χ0v) is 9.99. The summed E-state index contributed by atoms with van der Waals surface area (Å²) in [5.41, 5.74) is 5.73. The Balaban J connectivity index is 2.28. The van der Waals surface area contributed by atoms with Gasteiger partial charge in [-0.25, -0.2) is 0 Å². The van der Waals surface area contributed by atoms with Crippen molar-refractivity contribution in [1.82, 2.24) is 5.32 Å². The Kier molecular flexibility index (Phi) is 3.84. The van der Waals surface area contributed by atoms with Gasteiger partial charge in [0.1, 0.15) is 0 Å². The SMILES string of the molecule is CSC1(CNC(=O)[C@@H](N)C(C)C)CC1. The van der Waals surface area contributed by atoms with Gasteiger partial charge >= 0.3 is 0 Å². The quantitative estimate of drug-likeness (QED) is 0.720. The van der Waals surface area contributed by atoms with E-state index in [1.807, 2.05) is 25.6 Å².